The van der Waals surface area contributed by atoms with E-state index in [0.29, 0.717) is 0 Å². The Morgan fingerprint density at radius 3 is 2.76 bits per heavy atom. The standard InChI is InChI=1S/C17H18N2OS/c18-14(8-9-15-7-4-10-20-15)11-17-19-16(12-21-17)13-5-2-1-3-6-13/h1-7,10,12,14H,8-9,11,18H2. The highest BCUT2D eigenvalue weighted by molar-refractivity contribution is 7.09. The highest BCUT2D eigenvalue weighted by Gasteiger charge is 2.10. The SMILES string of the molecule is NC(CCc1ccco1)Cc1nc(-c2ccccc2)cs1. The average Bonchev–Trinajstić information content (AvgIpc) is 3.17. The van der Waals surface area contributed by atoms with Gasteiger partial charge in [0.1, 0.15) is 5.76 Å². The number of hydrogen-bond donors (Lipinski definition) is 1. The fraction of sp³-hybridized carbons (Fsp3) is 0.235. The van der Waals surface area contributed by atoms with Crippen molar-refractivity contribution in [3.05, 3.63) is 64.9 Å². The molecule has 3 nitrogen and oxygen atoms in total. The first-order valence-corrected chi connectivity index (χ1v) is 7.97. The fourth-order valence-corrected chi connectivity index (χ4v) is 3.15. The van der Waals surface area contributed by atoms with Crippen LogP contribution in [0, 0.1) is 0 Å². The highest BCUT2D eigenvalue weighted by atomic mass is 32.1. The lowest BCUT2D eigenvalue weighted by Crippen LogP contribution is -2.23. The molecule has 0 aliphatic carbocycles. The van der Waals surface area contributed by atoms with Crippen molar-refractivity contribution in [1.29, 1.82) is 0 Å². The number of aromatic nitrogens is 1. The van der Waals surface area contributed by atoms with Crippen LogP contribution in [0.1, 0.15) is 17.2 Å². The summed E-state index contributed by atoms with van der Waals surface area (Å²) < 4.78 is 5.33. The minimum absolute atomic E-state index is 0.116. The maximum Gasteiger partial charge on any atom is 0.103 e. The molecule has 0 aliphatic heterocycles. The Kier molecular flexibility index (Phi) is 4.48. The van der Waals surface area contributed by atoms with Crippen molar-refractivity contribution in [2.45, 2.75) is 25.3 Å². The Morgan fingerprint density at radius 1 is 1.14 bits per heavy atom. The van der Waals surface area contributed by atoms with Crippen molar-refractivity contribution < 1.29 is 4.42 Å². The molecular weight excluding hydrogens is 280 g/mol. The smallest absolute Gasteiger partial charge is 0.103 e. The van der Waals surface area contributed by atoms with Crippen LogP contribution in [0.3, 0.4) is 0 Å². The molecule has 1 unspecified atom stereocenters. The van der Waals surface area contributed by atoms with E-state index < -0.39 is 0 Å². The summed E-state index contributed by atoms with van der Waals surface area (Å²) in [6, 6.07) is 14.3. The number of furan rings is 1. The molecule has 1 aromatic carbocycles. The zero-order chi connectivity index (χ0) is 14.5. The molecule has 3 aromatic rings. The first-order valence-electron chi connectivity index (χ1n) is 7.09. The molecule has 108 valence electrons. The molecule has 4 heteroatoms. The lowest BCUT2D eigenvalue weighted by molar-refractivity contribution is 0.484. The minimum atomic E-state index is 0.116. The molecule has 0 spiro atoms. The zero-order valence-electron chi connectivity index (χ0n) is 11.7. The molecule has 2 heterocycles. The van der Waals surface area contributed by atoms with Gasteiger partial charge >= 0.3 is 0 Å². The van der Waals surface area contributed by atoms with E-state index in [0.717, 1.165) is 41.3 Å². The summed E-state index contributed by atoms with van der Waals surface area (Å²) in [5.74, 6) is 0.995. The van der Waals surface area contributed by atoms with E-state index in [2.05, 4.69) is 22.5 Å². The first kappa shape index (κ1) is 14.0. The second kappa shape index (κ2) is 6.70. The molecule has 0 saturated carbocycles. The Morgan fingerprint density at radius 2 is 2.00 bits per heavy atom. The summed E-state index contributed by atoms with van der Waals surface area (Å²) in [5.41, 5.74) is 8.39. The summed E-state index contributed by atoms with van der Waals surface area (Å²) in [4.78, 5) is 4.68. The maximum atomic E-state index is 6.20. The maximum absolute atomic E-state index is 6.20. The minimum Gasteiger partial charge on any atom is -0.469 e. The lowest BCUT2D eigenvalue weighted by atomic mass is 10.1. The predicted octanol–water partition coefficient (Wildman–Crippen LogP) is 3.91. The molecule has 2 N–H and O–H groups in total. The van der Waals surface area contributed by atoms with Gasteiger partial charge in [0.05, 0.1) is 17.0 Å². The number of nitrogens with zero attached hydrogens (tertiary/aromatic N) is 1. The summed E-state index contributed by atoms with van der Waals surface area (Å²) >= 11 is 1.68. The second-order valence-electron chi connectivity index (χ2n) is 5.07. The number of hydrogen-bond acceptors (Lipinski definition) is 4. The van der Waals surface area contributed by atoms with Gasteiger partial charge in [0.2, 0.25) is 0 Å². The van der Waals surface area contributed by atoms with Gasteiger partial charge in [0.25, 0.3) is 0 Å². The number of rotatable bonds is 6. The highest BCUT2D eigenvalue weighted by Crippen LogP contribution is 2.22. The van der Waals surface area contributed by atoms with E-state index in [4.69, 9.17) is 10.2 Å². The first-order chi connectivity index (χ1) is 10.3. The Hall–Kier alpha value is -1.91. The van der Waals surface area contributed by atoms with Crippen LogP contribution < -0.4 is 5.73 Å². The number of benzene rings is 1. The van der Waals surface area contributed by atoms with E-state index in [1.54, 1.807) is 17.6 Å². The second-order valence-corrected chi connectivity index (χ2v) is 6.02. The van der Waals surface area contributed by atoms with Crippen molar-refractivity contribution in [3.8, 4) is 11.3 Å². The van der Waals surface area contributed by atoms with Crippen molar-refractivity contribution in [3.63, 3.8) is 0 Å². The third kappa shape index (κ3) is 3.80. The summed E-state index contributed by atoms with van der Waals surface area (Å²) in [7, 11) is 0. The number of thiazole rings is 1. The van der Waals surface area contributed by atoms with Gasteiger partial charge in [-0.1, -0.05) is 30.3 Å². The largest absolute Gasteiger partial charge is 0.469 e. The van der Waals surface area contributed by atoms with E-state index >= 15 is 0 Å². The van der Waals surface area contributed by atoms with Crippen LogP contribution in [-0.4, -0.2) is 11.0 Å². The van der Waals surface area contributed by atoms with Crippen molar-refractivity contribution >= 4 is 11.3 Å². The quantitative estimate of drug-likeness (QED) is 0.750. The van der Waals surface area contributed by atoms with Gasteiger partial charge in [0.15, 0.2) is 0 Å². The monoisotopic (exact) mass is 298 g/mol. The third-order valence-electron chi connectivity index (χ3n) is 3.40. The number of nitrogens with two attached hydrogens (primary N) is 1. The van der Waals surface area contributed by atoms with Crippen molar-refractivity contribution in [1.82, 2.24) is 4.98 Å². The molecule has 3 rings (SSSR count). The molecule has 0 aliphatic rings. The van der Waals surface area contributed by atoms with Gasteiger partial charge in [-0.2, -0.15) is 0 Å². The summed E-state index contributed by atoms with van der Waals surface area (Å²) in [6.45, 7) is 0. The van der Waals surface area contributed by atoms with Gasteiger partial charge in [-0.15, -0.1) is 11.3 Å². The van der Waals surface area contributed by atoms with Gasteiger partial charge < -0.3 is 10.2 Å². The van der Waals surface area contributed by atoms with Crippen LogP contribution in [0.2, 0.25) is 0 Å². The Bertz CT molecular complexity index is 661. The average molecular weight is 298 g/mol. The van der Waals surface area contributed by atoms with Crippen molar-refractivity contribution in [2.75, 3.05) is 0 Å². The van der Waals surface area contributed by atoms with E-state index in [9.17, 15) is 0 Å². The topological polar surface area (TPSA) is 52.0 Å². The third-order valence-corrected chi connectivity index (χ3v) is 4.27. The zero-order valence-corrected chi connectivity index (χ0v) is 12.6. The Labute approximate surface area is 128 Å². The molecule has 1 atom stereocenters. The molecule has 21 heavy (non-hydrogen) atoms. The van der Waals surface area contributed by atoms with Crippen LogP contribution in [0.4, 0.5) is 0 Å². The van der Waals surface area contributed by atoms with Crippen LogP contribution in [0.15, 0.2) is 58.5 Å². The lowest BCUT2D eigenvalue weighted by Gasteiger charge is -2.08. The molecule has 0 fully saturated rings. The number of aryl methyl sites for hydroxylation is 1. The fourth-order valence-electron chi connectivity index (χ4n) is 2.25. The van der Waals surface area contributed by atoms with Gasteiger partial charge in [-0.05, 0) is 18.6 Å². The Balaban J connectivity index is 1.57. The van der Waals surface area contributed by atoms with Crippen LogP contribution in [0.5, 0.6) is 0 Å². The predicted molar refractivity (Wildman–Crippen MR) is 86.3 cm³/mol. The van der Waals surface area contributed by atoms with E-state index in [1.165, 1.54) is 0 Å². The molecule has 0 bridgehead atoms. The molecular formula is C17H18N2OS. The van der Waals surface area contributed by atoms with Crippen molar-refractivity contribution in [2.24, 2.45) is 5.73 Å². The van der Waals surface area contributed by atoms with Gasteiger partial charge in [0, 0.05) is 29.8 Å². The summed E-state index contributed by atoms with van der Waals surface area (Å²) in [5, 5.41) is 3.20. The normalized spacial score (nSPS) is 12.4. The van der Waals surface area contributed by atoms with Gasteiger partial charge in [-0.25, -0.2) is 4.98 Å². The van der Waals surface area contributed by atoms with Crippen LogP contribution in [0.25, 0.3) is 11.3 Å². The summed E-state index contributed by atoms with van der Waals surface area (Å²) in [6.07, 6.45) is 4.31. The molecule has 2 aromatic heterocycles. The van der Waals surface area contributed by atoms with Gasteiger partial charge in [-0.3, -0.25) is 0 Å². The van der Waals surface area contributed by atoms with E-state index in [1.807, 2.05) is 30.3 Å². The molecule has 0 amide bonds. The van der Waals surface area contributed by atoms with Crippen LogP contribution in [-0.2, 0) is 12.8 Å². The molecule has 0 radical (unpaired) electrons. The molecule has 0 saturated heterocycles. The van der Waals surface area contributed by atoms with Crippen LogP contribution >= 0.6 is 11.3 Å². The van der Waals surface area contributed by atoms with E-state index in [-0.39, 0.29) is 6.04 Å².